The van der Waals surface area contributed by atoms with E-state index in [4.69, 9.17) is 11.5 Å². The highest BCUT2D eigenvalue weighted by Gasteiger charge is 2.06. The molecule has 0 spiro atoms. The molecule has 3 amide bonds. The summed E-state index contributed by atoms with van der Waals surface area (Å²) in [4.78, 5) is 21.9. The predicted octanol–water partition coefficient (Wildman–Crippen LogP) is 0.141. The van der Waals surface area contributed by atoms with E-state index in [1.807, 2.05) is 6.07 Å². The minimum atomic E-state index is -0.623. The summed E-state index contributed by atoms with van der Waals surface area (Å²) in [6, 6.07) is 5.86. The van der Waals surface area contributed by atoms with Gasteiger partial charge in [0.15, 0.2) is 0 Å². The molecule has 0 bridgehead atoms. The van der Waals surface area contributed by atoms with Crippen molar-refractivity contribution in [1.29, 1.82) is 0 Å². The van der Waals surface area contributed by atoms with Gasteiger partial charge >= 0.3 is 6.03 Å². The van der Waals surface area contributed by atoms with E-state index in [0.717, 1.165) is 5.56 Å². The van der Waals surface area contributed by atoms with Crippen LogP contribution < -0.4 is 22.1 Å². The molecule has 6 N–H and O–H groups in total. The van der Waals surface area contributed by atoms with E-state index in [0.29, 0.717) is 12.2 Å². The molecule has 0 saturated carbocycles. The SMILES string of the molecule is C[C@@H](N)C(=O)NCc1cccc(NC(N)=O)c1. The first kappa shape index (κ1) is 13.0. The Hall–Kier alpha value is -2.08. The van der Waals surface area contributed by atoms with Gasteiger partial charge < -0.3 is 22.1 Å². The number of primary amides is 1. The average molecular weight is 236 g/mol. The summed E-state index contributed by atoms with van der Waals surface area (Å²) in [6.45, 7) is 1.97. The molecule has 6 heteroatoms. The second-order valence-electron chi connectivity index (χ2n) is 3.70. The van der Waals surface area contributed by atoms with Crippen molar-refractivity contribution in [3.05, 3.63) is 29.8 Å². The van der Waals surface area contributed by atoms with Crippen LogP contribution >= 0.6 is 0 Å². The van der Waals surface area contributed by atoms with Crippen LogP contribution in [0, 0.1) is 0 Å². The lowest BCUT2D eigenvalue weighted by atomic mass is 10.2. The Morgan fingerprint density at radius 1 is 1.41 bits per heavy atom. The van der Waals surface area contributed by atoms with Crippen molar-refractivity contribution in [1.82, 2.24) is 5.32 Å². The largest absolute Gasteiger partial charge is 0.351 e. The molecule has 92 valence electrons. The molecule has 0 aliphatic rings. The molecule has 0 heterocycles. The number of carbonyl (C=O) groups excluding carboxylic acids is 2. The zero-order valence-corrected chi connectivity index (χ0v) is 9.57. The van der Waals surface area contributed by atoms with Crippen molar-refractivity contribution in [2.75, 3.05) is 5.32 Å². The summed E-state index contributed by atoms with van der Waals surface area (Å²) in [5.41, 5.74) is 11.9. The van der Waals surface area contributed by atoms with Gasteiger partial charge in [-0.3, -0.25) is 4.79 Å². The molecule has 0 radical (unpaired) electrons. The summed E-state index contributed by atoms with van der Waals surface area (Å²) in [5.74, 6) is -0.224. The topological polar surface area (TPSA) is 110 Å². The quantitative estimate of drug-likeness (QED) is 0.596. The fourth-order valence-corrected chi connectivity index (χ4v) is 1.25. The van der Waals surface area contributed by atoms with Crippen LogP contribution in [0.2, 0.25) is 0 Å². The van der Waals surface area contributed by atoms with Crippen LogP contribution in [0.3, 0.4) is 0 Å². The second-order valence-corrected chi connectivity index (χ2v) is 3.70. The molecule has 1 rings (SSSR count). The second kappa shape index (κ2) is 5.86. The van der Waals surface area contributed by atoms with E-state index in [-0.39, 0.29) is 5.91 Å². The fraction of sp³-hybridized carbons (Fsp3) is 0.273. The highest BCUT2D eigenvalue weighted by molar-refractivity contribution is 5.87. The van der Waals surface area contributed by atoms with E-state index in [2.05, 4.69) is 10.6 Å². The summed E-state index contributed by atoms with van der Waals surface area (Å²) < 4.78 is 0. The van der Waals surface area contributed by atoms with Crippen LogP contribution in [0.4, 0.5) is 10.5 Å². The number of carbonyl (C=O) groups is 2. The highest BCUT2D eigenvalue weighted by atomic mass is 16.2. The number of benzene rings is 1. The standard InChI is InChI=1S/C11H16N4O2/c1-7(12)10(16)14-6-8-3-2-4-9(5-8)15-11(13)17/h2-5,7H,6,12H2,1H3,(H,14,16)(H3,13,15,17)/t7-/m1/s1. The van der Waals surface area contributed by atoms with E-state index in [1.165, 1.54) is 0 Å². The Kier molecular flexibility index (Phi) is 4.47. The van der Waals surface area contributed by atoms with Crippen molar-refractivity contribution in [3.63, 3.8) is 0 Å². The third-order valence-electron chi connectivity index (χ3n) is 2.07. The highest BCUT2D eigenvalue weighted by Crippen LogP contribution is 2.10. The third-order valence-corrected chi connectivity index (χ3v) is 2.07. The molecule has 0 saturated heterocycles. The van der Waals surface area contributed by atoms with Crippen molar-refractivity contribution < 1.29 is 9.59 Å². The molecular weight excluding hydrogens is 220 g/mol. The molecule has 6 nitrogen and oxygen atoms in total. The molecule has 0 aromatic heterocycles. The van der Waals surface area contributed by atoms with Crippen LogP contribution in [0.1, 0.15) is 12.5 Å². The van der Waals surface area contributed by atoms with Crippen LogP contribution in [0.25, 0.3) is 0 Å². The van der Waals surface area contributed by atoms with Crippen LogP contribution in [-0.4, -0.2) is 18.0 Å². The molecule has 1 aromatic rings. The van der Waals surface area contributed by atoms with Crippen molar-refractivity contribution >= 4 is 17.6 Å². The summed E-state index contributed by atoms with van der Waals surface area (Å²) in [7, 11) is 0. The zero-order valence-electron chi connectivity index (χ0n) is 9.57. The summed E-state index contributed by atoms with van der Waals surface area (Å²) in [6.07, 6.45) is 0. The summed E-state index contributed by atoms with van der Waals surface area (Å²) >= 11 is 0. The van der Waals surface area contributed by atoms with Gasteiger partial charge in [0.25, 0.3) is 0 Å². The number of hydrogen-bond acceptors (Lipinski definition) is 3. The third kappa shape index (κ3) is 4.52. The van der Waals surface area contributed by atoms with Crippen LogP contribution in [-0.2, 0) is 11.3 Å². The minimum Gasteiger partial charge on any atom is -0.351 e. The molecule has 0 aliphatic heterocycles. The first-order valence-electron chi connectivity index (χ1n) is 5.17. The molecule has 1 atom stereocenters. The molecule has 17 heavy (non-hydrogen) atoms. The van der Waals surface area contributed by atoms with Crippen LogP contribution in [0.15, 0.2) is 24.3 Å². The minimum absolute atomic E-state index is 0.224. The van der Waals surface area contributed by atoms with Gasteiger partial charge in [-0.25, -0.2) is 4.79 Å². The van der Waals surface area contributed by atoms with E-state index >= 15 is 0 Å². The van der Waals surface area contributed by atoms with Gasteiger partial charge in [0, 0.05) is 12.2 Å². The van der Waals surface area contributed by atoms with Gasteiger partial charge in [-0.1, -0.05) is 12.1 Å². The molecule has 0 unspecified atom stereocenters. The molecular formula is C11H16N4O2. The Morgan fingerprint density at radius 2 is 2.12 bits per heavy atom. The number of rotatable bonds is 4. The summed E-state index contributed by atoms with van der Waals surface area (Å²) in [5, 5.41) is 5.13. The molecule has 1 aromatic carbocycles. The van der Waals surface area contributed by atoms with Crippen molar-refractivity contribution in [3.8, 4) is 0 Å². The Labute approximate surface area is 99.4 Å². The number of anilines is 1. The number of hydrogen-bond donors (Lipinski definition) is 4. The Bertz CT molecular complexity index is 418. The van der Waals surface area contributed by atoms with Gasteiger partial charge in [0.1, 0.15) is 0 Å². The Morgan fingerprint density at radius 3 is 2.71 bits per heavy atom. The number of amides is 3. The maximum atomic E-state index is 11.3. The lowest BCUT2D eigenvalue weighted by Gasteiger charge is -2.09. The fourth-order valence-electron chi connectivity index (χ4n) is 1.25. The predicted molar refractivity (Wildman–Crippen MR) is 65.1 cm³/mol. The molecule has 0 fully saturated rings. The smallest absolute Gasteiger partial charge is 0.316 e. The number of nitrogens with one attached hydrogen (secondary N) is 2. The van der Waals surface area contributed by atoms with Crippen molar-refractivity contribution in [2.45, 2.75) is 19.5 Å². The number of urea groups is 1. The first-order valence-corrected chi connectivity index (χ1v) is 5.17. The van der Waals surface area contributed by atoms with Gasteiger partial charge in [0.2, 0.25) is 5.91 Å². The van der Waals surface area contributed by atoms with Gasteiger partial charge in [-0.05, 0) is 24.6 Å². The van der Waals surface area contributed by atoms with Gasteiger partial charge in [0.05, 0.1) is 6.04 Å². The lowest BCUT2D eigenvalue weighted by molar-refractivity contribution is -0.122. The Balaban J connectivity index is 2.60. The van der Waals surface area contributed by atoms with Crippen LogP contribution in [0.5, 0.6) is 0 Å². The lowest BCUT2D eigenvalue weighted by Crippen LogP contribution is -2.37. The first-order chi connectivity index (χ1) is 7.99. The van der Waals surface area contributed by atoms with E-state index < -0.39 is 12.1 Å². The normalized spacial score (nSPS) is 11.6. The van der Waals surface area contributed by atoms with Gasteiger partial charge in [-0.2, -0.15) is 0 Å². The molecule has 0 aliphatic carbocycles. The van der Waals surface area contributed by atoms with E-state index in [1.54, 1.807) is 25.1 Å². The number of nitrogens with two attached hydrogens (primary N) is 2. The maximum Gasteiger partial charge on any atom is 0.316 e. The van der Waals surface area contributed by atoms with Gasteiger partial charge in [-0.15, -0.1) is 0 Å². The maximum absolute atomic E-state index is 11.3. The monoisotopic (exact) mass is 236 g/mol. The average Bonchev–Trinajstić information content (AvgIpc) is 2.25. The zero-order chi connectivity index (χ0) is 12.8. The van der Waals surface area contributed by atoms with E-state index in [9.17, 15) is 9.59 Å². The van der Waals surface area contributed by atoms with Crippen molar-refractivity contribution in [2.24, 2.45) is 11.5 Å².